The molecule has 1 saturated carbocycles. The van der Waals surface area contributed by atoms with E-state index in [-0.39, 0.29) is 0 Å². The Morgan fingerprint density at radius 3 is 2.40 bits per heavy atom. The monoisotopic (exact) mass is 289 g/mol. The molecule has 2 aromatic rings. The molecule has 0 aliphatic heterocycles. The van der Waals surface area contributed by atoms with Crippen LogP contribution >= 0.6 is 11.3 Å². The zero-order valence-corrected chi connectivity index (χ0v) is 14.0. The molecule has 108 valence electrons. The quantitative estimate of drug-likeness (QED) is 0.910. The molecule has 0 atom stereocenters. The first-order valence-corrected chi connectivity index (χ1v) is 8.03. The molecule has 1 aliphatic rings. The van der Waals surface area contributed by atoms with Crippen molar-refractivity contribution in [3.63, 3.8) is 0 Å². The minimum atomic E-state index is 0.408. The van der Waals surface area contributed by atoms with Gasteiger partial charge in [-0.05, 0) is 36.2 Å². The van der Waals surface area contributed by atoms with E-state index < -0.39 is 0 Å². The van der Waals surface area contributed by atoms with Gasteiger partial charge in [0.15, 0.2) is 0 Å². The Morgan fingerprint density at radius 1 is 1.15 bits per heavy atom. The Balaban J connectivity index is 1.86. The highest BCUT2D eigenvalue weighted by Crippen LogP contribution is 2.68. The molecule has 0 unspecified atom stereocenters. The standard InChI is InChI=1S/C16H23N3S/c1-9-10(2)20-14-12(9)13(18-8-19-14)17-7-11-15(3,4)16(11,5)6/h8,11H,7H2,1-6H3,(H,17,18,19). The number of hydrogen-bond acceptors (Lipinski definition) is 4. The molecule has 0 aromatic carbocycles. The highest BCUT2D eigenvalue weighted by molar-refractivity contribution is 7.18. The van der Waals surface area contributed by atoms with Crippen molar-refractivity contribution in [1.29, 1.82) is 0 Å². The van der Waals surface area contributed by atoms with Gasteiger partial charge in [0, 0.05) is 11.4 Å². The van der Waals surface area contributed by atoms with Crippen LogP contribution in [0.5, 0.6) is 0 Å². The Morgan fingerprint density at radius 2 is 1.80 bits per heavy atom. The van der Waals surface area contributed by atoms with Gasteiger partial charge >= 0.3 is 0 Å². The van der Waals surface area contributed by atoms with E-state index in [2.05, 4.69) is 56.8 Å². The van der Waals surface area contributed by atoms with Crippen LogP contribution in [0.3, 0.4) is 0 Å². The molecule has 20 heavy (non-hydrogen) atoms. The van der Waals surface area contributed by atoms with Gasteiger partial charge in [0.05, 0.1) is 5.39 Å². The molecule has 2 aromatic heterocycles. The summed E-state index contributed by atoms with van der Waals surface area (Å²) in [5.41, 5.74) is 2.12. The van der Waals surface area contributed by atoms with Gasteiger partial charge in [-0.25, -0.2) is 9.97 Å². The maximum absolute atomic E-state index is 4.46. The fourth-order valence-electron chi connectivity index (χ4n) is 3.36. The van der Waals surface area contributed by atoms with Crippen LogP contribution in [-0.4, -0.2) is 16.5 Å². The summed E-state index contributed by atoms with van der Waals surface area (Å²) in [5.74, 6) is 1.69. The van der Waals surface area contributed by atoms with Gasteiger partial charge in [0.2, 0.25) is 0 Å². The molecule has 0 amide bonds. The number of anilines is 1. The van der Waals surface area contributed by atoms with Gasteiger partial charge < -0.3 is 5.32 Å². The normalized spacial score (nSPS) is 20.3. The first kappa shape index (κ1) is 13.8. The number of fused-ring (bicyclic) bond motifs is 1. The molecular formula is C16H23N3S. The van der Waals surface area contributed by atoms with Crippen molar-refractivity contribution in [2.45, 2.75) is 41.5 Å². The number of nitrogens with zero attached hydrogens (tertiary/aromatic N) is 2. The third-order valence-electron chi connectivity index (χ3n) is 5.76. The average Bonchev–Trinajstić information content (AvgIpc) is 2.62. The number of aryl methyl sites for hydroxylation is 2. The second-order valence-electron chi connectivity index (χ2n) is 7.06. The lowest BCUT2D eigenvalue weighted by atomic mass is 10.0. The maximum Gasteiger partial charge on any atom is 0.138 e. The van der Waals surface area contributed by atoms with Crippen molar-refractivity contribution in [2.75, 3.05) is 11.9 Å². The molecule has 1 N–H and O–H groups in total. The summed E-state index contributed by atoms with van der Waals surface area (Å²) in [6.45, 7) is 14.7. The molecule has 2 heterocycles. The summed E-state index contributed by atoms with van der Waals surface area (Å²) in [6, 6.07) is 0. The van der Waals surface area contributed by atoms with E-state index in [0.29, 0.717) is 16.7 Å². The molecule has 0 saturated heterocycles. The molecule has 1 aliphatic carbocycles. The van der Waals surface area contributed by atoms with Crippen molar-refractivity contribution in [1.82, 2.24) is 9.97 Å². The molecule has 3 nitrogen and oxygen atoms in total. The predicted molar refractivity (Wildman–Crippen MR) is 86.4 cm³/mol. The van der Waals surface area contributed by atoms with E-state index in [1.165, 1.54) is 15.8 Å². The molecule has 0 bridgehead atoms. The second kappa shape index (κ2) is 4.17. The molecular weight excluding hydrogens is 266 g/mol. The van der Waals surface area contributed by atoms with Crippen LogP contribution < -0.4 is 5.32 Å². The topological polar surface area (TPSA) is 37.8 Å². The number of rotatable bonds is 3. The van der Waals surface area contributed by atoms with E-state index >= 15 is 0 Å². The fraction of sp³-hybridized carbons (Fsp3) is 0.625. The summed E-state index contributed by atoms with van der Waals surface area (Å²) < 4.78 is 0. The van der Waals surface area contributed by atoms with Crippen molar-refractivity contribution in [3.05, 3.63) is 16.8 Å². The lowest BCUT2D eigenvalue weighted by molar-refractivity contribution is 0.457. The molecule has 4 heteroatoms. The Hall–Kier alpha value is -1.16. The fourth-order valence-corrected chi connectivity index (χ4v) is 4.36. The van der Waals surface area contributed by atoms with Crippen LogP contribution in [0.15, 0.2) is 6.33 Å². The Labute approximate surface area is 124 Å². The minimum Gasteiger partial charge on any atom is -0.369 e. The average molecular weight is 289 g/mol. The Kier molecular flexibility index (Phi) is 2.88. The first-order valence-electron chi connectivity index (χ1n) is 7.21. The van der Waals surface area contributed by atoms with Gasteiger partial charge in [0.25, 0.3) is 0 Å². The SMILES string of the molecule is Cc1sc2ncnc(NCC3C(C)(C)C3(C)C)c2c1C. The summed E-state index contributed by atoms with van der Waals surface area (Å²) in [6.07, 6.45) is 1.67. The zero-order valence-electron chi connectivity index (χ0n) is 13.2. The number of hydrogen-bond donors (Lipinski definition) is 1. The van der Waals surface area contributed by atoms with E-state index in [9.17, 15) is 0 Å². The molecule has 3 rings (SSSR count). The third-order valence-corrected chi connectivity index (χ3v) is 6.87. The number of thiophene rings is 1. The smallest absolute Gasteiger partial charge is 0.138 e. The maximum atomic E-state index is 4.46. The predicted octanol–water partition coefficient (Wildman–Crippen LogP) is 4.40. The van der Waals surface area contributed by atoms with Crippen molar-refractivity contribution >= 4 is 27.4 Å². The molecule has 0 spiro atoms. The van der Waals surface area contributed by atoms with E-state index in [0.717, 1.165) is 17.2 Å². The van der Waals surface area contributed by atoms with Gasteiger partial charge in [-0.3, -0.25) is 0 Å². The summed E-state index contributed by atoms with van der Waals surface area (Å²) >= 11 is 1.75. The number of aromatic nitrogens is 2. The summed E-state index contributed by atoms with van der Waals surface area (Å²) in [5, 5.41) is 4.77. The van der Waals surface area contributed by atoms with Crippen molar-refractivity contribution in [2.24, 2.45) is 16.7 Å². The van der Waals surface area contributed by atoms with Crippen LogP contribution in [0.1, 0.15) is 38.1 Å². The summed E-state index contributed by atoms with van der Waals surface area (Å²) in [4.78, 5) is 11.3. The largest absolute Gasteiger partial charge is 0.369 e. The molecule has 1 fully saturated rings. The Bertz CT molecular complexity index is 656. The van der Waals surface area contributed by atoms with Gasteiger partial charge in [-0.2, -0.15) is 0 Å². The first-order chi connectivity index (χ1) is 9.26. The number of nitrogens with one attached hydrogen (secondary N) is 1. The van der Waals surface area contributed by atoms with E-state index in [1.807, 2.05) is 0 Å². The highest BCUT2D eigenvalue weighted by atomic mass is 32.1. The van der Waals surface area contributed by atoms with Crippen molar-refractivity contribution < 1.29 is 0 Å². The second-order valence-corrected chi connectivity index (χ2v) is 8.27. The van der Waals surface area contributed by atoms with Crippen LogP contribution in [-0.2, 0) is 0 Å². The lowest BCUT2D eigenvalue weighted by Gasteiger charge is -2.08. The van der Waals surface area contributed by atoms with Crippen LogP contribution in [0.4, 0.5) is 5.82 Å². The third kappa shape index (κ3) is 1.77. The zero-order chi connectivity index (χ0) is 14.7. The minimum absolute atomic E-state index is 0.408. The summed E-state index contributed by atoms with van der Waals surface area (Å²) in [7, 11) is 0. The van der Waals surface area contributed by atoms with Crippen LogP contribution in [0.25, 0.3) is 10.2 Å². The molecule has 0 radical (unpaired) electrons. The van der Waals surface area contributed by atoms with Crippen molar-refractivity contribution in [3.8, 4) is 0 Å². The van der Waals surface area contributed by atoms with E-state index in [4.69, 9.17) is 0 Å². The van der Waals surface area contributed by atoms with Gasteiger partial charge in [-0.15, -0.1) is 11.3 Å². The van der Waals surface area contributed by atoms with Crippen LogP contribution in [0, 0.1) is 30.6 Å². The van der Waals surface area contributed by atoms with Gasteiger partial charge in [0.1, 0.15) is 17.0 Å². The van der Waals surface area contributed by atoms with Gasteiger partial charge in [-0.1, -0.05) is 27.7 Å². The van der Waals surface area contributed by atoms with E-state index in [1.54, 1.807) is 17.7 Å². The van der Waals surface area contributed by atoms with Crippen LogP contribution in [0.2, 0.25) is 0 Å². The highest BCUT2D eigenvalue weighted by Gasteiger charge is 2.64. The lowest BCUT2D eigenvalue weighted by Crippen LogP contribution is -2.09.